The van der Waals surface area contributed by atoms with Crippen molar-refractivity contribution in [1.82, 2.24) is 10.3 Å². The van der Waals surface area contributed by atoms with Gasteiger partial charge in [0.2, 0.25) is 5.91 Å². The van der Waals surface area contributed by atoms with E-state index in [1.165, 1.54) is 17.0 Å². The Labute approximate surface area is 158 Å². The molecule has 0 radical (unpaired) electrons. The van der Waals surface area contributed by atoms with Crippen molar-refractivity contribution < 1.29 is 9.59 Å². The van der Waals surface area contributed by atoms with Crippen molar-refractivity contribution >= 4 is 29.1 Å². The van der Waals surface area contributed by atoms with Gasteiger partial charge >= 0.3 is 6.03 Å². The predicted molar refractivity (Wildman–Crippen MR) is 105 cm³/mol. The Hall–Kier alpha value is -3.09. The Morgan fingerprint density at radius 3 is 2.70 bits per heavy atom. The van der Waals surface area contributed by atoms with E-state index >= 15 is 0 Å². The largest absolute Gasteiger partial charge is 0.371 e. The average Bonchev–Trinajstić information content (AvgIpc) is 2.64. The van der Waals surface area contributed by atoms with Gasteiger partial charge in [0.15, 0.2) is 5.82 Å². The van der Waals surface area contributed by atoms with E-state index in [0.717, 1.165) is 25.1 Å². The van der Waals surface area contributed by atoms with Gasteiger partial charge in [0.25, 0.3) is 0 Å². The number of benzene rings is 1. The first-order chi connectivity index (χ1) is 13.2. The van der Waals surface area contributed by atoms with Crippen LogP contribution in [0.5, 0.6) is 0 Å². The van der Waals surface area contributed by atoms with E-state index in [-0.39, 0.29) is 24.5 Å². The maximum atomic E-state index is 12.9. The number of urea groups is 1. The SMILES string of the molecule is CCC(NC(=O)N1CC(=O)Nc2cccnc21)c1ccc(N2CCC2)cc1. The van der Waals surface area contributed by atoms with E-state index in [4.69, 9.17) is 0 Å². The van der Waals surface area contributed by atoms with Crippen LogP contribution in [0.1, 0.15) is 31.4 Å². The maximum absolute atomic E-state index is 12.9. The van der Waals surface area contributed by atoms with Crippen LogP contribution < -0.4 is 20.4 Å². The molecule has 1 atom stereocenters. The number of rotatable bonds is 4. The van der Waals surface area contributed by atoms with Crippen LogP contribution in [-0.4, -0.2) is 36.6 Å². The monoisotopic (exact) mass is 365 g/mol. The zero-order valence-corrected chi connectivity index (χ0v) is 15.3. The smallest absolute Gasteiger partial charge is 0.324 e. The fourth-order valence-electron chi connectivity index (χ4n) is 3.43. The second kappa shape index (κ2) is 7.26. The molecule has 1 aromatic carbocycles. The highest BCUT2D eigenvalue weighted by Crippen LogP contribution is 2.28. The number of hydrogen-bond donors (Lipinski definition) is 2. The minimum atomic E-state index is -0.316. The molecule has 3 heterocycles. The number of hydrogen-bond acceptors (Lipinski definition) is 4. The molecular weight excluding hydrogens is 342 g/mol. The van der Waals surface area contributed by atoms with E-state index in [0.29, 0.717) is 11.5 Å². The highest BCUT2D eigenvalue weighted by molar-refractivity contribution is 6.08. The van der Waals surface area contributed by atoms with E-state index < -0.39 is 0 Å². The summed E-state index contributed by atoms with van der Waals surface area (Å²) in [4.78, 5) is 32.8. The number of carbonyl (C=O) groups excluding carboxylic acids is 2. The quantitative estimate of drug-likeness (QED) is 0.873. The molecule has 0 spiro atoms. The van der Waals surface area contributed by atoms with Gasteiger partial charge in [-0.2, -0.15) is 0 Å². The third kappa shape index (κ3) is 3.45. The van der Waals surface area contributed by atoms with Gasteiger partial charge in [0, 0.05) is 25.0 Å². The first-order valence-electron chi connectivity index (χ1n) is 9.33. The molecule has 1 saturated heterocycles. The van der Waals surface area contributed by atoms with Crippen LogP contribution in [0.4, 0.5) is 22.0 Å². The molecule has 3 amide bonds. The molecule has 140 valence electrons. The van der Waals surface area contributed by atoms with Gasteiger partial charge in [-0.05, 0) is 42.7 Å². The first-order valence-corrected chi connectivity index (χ1v) is 9.33. The summed E-state index contributed by atoms with van der Waals surface area (Å²) >= 11 is 0. The number of anilines is 3. The van der Waals surface area contributed by atoms with Crippen LogP contribution in [-0.2, 0) is 4.79 Å². The number of pyridine rings is 1. The van der Waals surface area contributed by atoms with Gasteiger partial charge in [0.05, 0.1) is 11.7 Å². The van der Waals surface area contributed by atoms with Gasteiger partial charge in [0.1, 0.15) is 6.54 Å². The van der Waals surface area contributed by atoms with Gasteiger partial charge in [-0.1, -0.05) is 19.1 Å². The van der Waals surface area contributed by atoms with Crippen LogP contribution in [0.15, 0.2) is 42.6 Å². The number of aromatic nitrogens is 1. The molecule has 0 aliphatic carbocycles. The van der Waals surface area contributed by atoms with Crippen LogP contribution in [0.2, 0.25) is 0 Å². The zero-order chi connectivity index (χ0) is 18.8. The van der Waals surface area contributed by atoms with Crippen LogP contribution in [0.25, 0.3) is 0 Å². The predicted octanol–water partition coefficient (Wildman–Crippen LogP) is 2.91. The summed E-state index contributed by atoms with van der Waals surface area (Å²) in [5.41, 5.74) is 2.82. The number of nitrogens with one attached hydrogen (secondary N) is 2. The molecule has 7 heteroatoms. The van der Waals surface area contributed by atoms with E-state index in [1.807, 2.05) is 6.92 Å². The summed E-state index contributed by atoms with van der Waals surface area (Å²) in [5.74, 6) is 0.246. The van der Waals surface area contributed by atoms with Crippen molar-refractivity contribution in [1.29, 1.82) is 0 Å². The van der Waals surface area contributed by atoms with E-state index in [9.17, 15) is 9.59 Å². The van der Waals surface area contributed by atoms with Gasteiger partial charge in [-0.25, -0.2) is 9.78 Å². The molecular formula is C20H23N5O2. The van der Waals surface area contributed by atoms with Crippen molar-refractivity contribution in [3.05, 3.63) is 48.2 Å². The normalized spacial score (nSPS) is 16.9. The molecule has 1 aromatic heterocycles. The lowest BCUT2D eigenvalue weighted by molar-refractivity contribution is -0.115. The highest BCUT2D eigenvalue weighted by atomic mass is 16.2. The summed E-state index contributed by atoms with van der Waals surface area (Å²) in [6.45, 7) is 4.21. The van der Waals surface area contributed by atoms with Crippen LogP contribution >= 0.6 is 0 Å². The van der Waals surface area contributed by atoms with Crippen molar-refractivity contribution in [3.8, 4) is 0 Å². The minimum absolute atomic E-state index is 0.0415. The van der Waals surface area contributed by atoms with Crippen molar-refractivity contribution in [2.75, 3.05) is 34.8 Å². The Balaban J connectivity index is 1.50. The fraction of sp³-hybridized carbons (Fsp3) is 0.350. The summed E-state index contributed by atoms with van der Waals surface area (Å²) in [6.07, 6.45) is 3.61. The van der Waals surface area contributed by atoms with Crippen LogP contribution in [0.3, 0.4) is 0 Å². The van der Waals surface area contributed by atoms with Crippen molar-refractivity contribution in [3.63, 3.8) is 0 Å². The second-order valence-corrected chi connectivity index (χ2v) is 6.85. The fourth-order valence-corrected chi connectivity index (χ4v) is 3.43. The Morgan fingerprint density at radius 2 is 2.04 bits per heavy atom. The van der Waals surface area contributed by atoms with E-state index in [2.05, 4.69) is 44.8 Å². The zero-order valence-electron chi connectivity index (χ0n) is 15.3. The molecule has 7 nitrogen and oxygen atoms in total. The van der Waals surface area contributed by atoms with Gasteiger partial charge < -0.3 is 15.5 Å². The molecule has 1 unspecified atom stereocenters. The molecule has 2 aliphatic rings. The third-order valence-electron chi connectivity index (χ3n) is 5.09. The highest BCUT2D eigenvalue weighted by Gasteiger charge is 2.29. The Morgan fingerprint density at radius 1 is 1.26 bits per heavy atom. The molecule has 4 rings (SSSR count). The number of amides is 3. The number of nitrogens with zero attached hydrogens (tertiary/aromatic N) is 3. The molecule has 2 aliphatic heterocycles. The van der Waals surface area contributed by atoms with Crippen molar-refractivity contribution in [2.24, 2.45) is 0 Å². The Bertz CT molecular complexity index is 848. The molecule has 1 fully saturated rings. The summed E-state index contributed by atoms with van der Waals surface area (Å²) in [7, 11) is 0. The maximum Gasteiger partial charge on any atom is 0.324 e. The number of carbonyl (C=O) groups is 2. The minimum Gasteiger partial charge on any atom is -0.371 e. The van der Waals surface area contributed by atoms with Gasteiger partial charge in [-0.3, -0.25) is 9.69 Å². The Kier molecular flexibility index (Phi) is 4.66. The summed E-state index contributed by atoms with van der Waals surface area (Å²) in [6, 6.07) is 11.4. The lowest BCUT2D eigenvalue weighted by Gasteiger charge is -2.33. The standard InChI is InChI=1S/C20H23N5O2/c1-2-16(14-6-8-15(9-7-14)24-11-4-12-24)23-20(27)25-13-18(26)22-17-5-3-10-21-19(17)25/h3,5-10,16H,2,4,11-13H2,1H3,(H,22,26)(H,23,27). The molecule has 27 heavy (non-hydrogen) atoms. The summed E-state index contributed by atoms with van der Waals surface area (Å²) in [5, 5.41) is 5.79. The van der Waals surface area contributed by atoms with E-state index in [1.54, 1.807) is 18.3 Å². The van der Waals surface area contributed by atoms with Gasteiger partial charge in [-0.15, -0.1) is 0 Å². The number of fused-ring (bicyclic) bond motifs is 1. The third-order valence-corrected chi connectivity index (χ3v) is 5.09. The lowest BCUT2D eigenvalue weighted by Crippen LogP contribution is -2.48. The second-order valence-electron chi connectivity index (χ2n) is 6.85. The lowest BCUT2D eigenvalue weighted by atomic mass is 10.0. The molecule has 2 aromatic rings. The topological polar surface area (TPSA) is 77.6 Å². The molecule has 0 saturated carbocycles. The average molecular weight is 365 g/mol. The molecule has 2 N–H and O–H groups in total. The summed E-state index contributed by atoms with van der Waals surface area (Å²) < 4.78 is 0. The van der Waals surface area contributed by atoms with Crippen LogP contribution in [0, 0.1) is 0 Å². The van der Waals surface area contributed by atoms with Crippen molar-refractivity contribution in [2.45, 2.75) is 25.8 Å². The molecule has 0 bridgehead atoms. The first kappa shape index (κ1) is 17.3.